The zero-order valence-electron chi connectivity index (χ0n) is 10.2. The first-order valence-electron chi connectivity index (χ1n) is 5.48. The van der Waals surface area contributed by atoms with E-state index in [0.717, 1.165) is 17.1 Å². The number of aryl methyl sites for hydroxylation is 2. The molecule has 0 saturated heterocycles. The Labute approximate surface area is 99.8 Å². The van der Waals surface area contributed by atoms with E-state index in [-0.39, 0.29) is 24.8 Å². The summed E-state index contributed by atoms with van der Waals surface area (Å²) in [6.45, 7) is 5.52. The highest BCUT2D eigenvalue weighted by atomic mass is 16.4. The molecule has 0 aliphatic carbocycles. The summed E-state index contributed by atoms with van der Waals surface area (Å²) >= 11 is 0. The van der Waals surface area contributed by atoms with E-state index in [4.69, 9.17) is 9.52 Å². The molecule has 1 aromatic heterocycles. The maximum atomic E-state index is 11.4. The zero-order chi connectivity index (χ0) is 13.0. The number of rotatable bonds is 5. The molecule has 94 valence electrons. The smallest absolute Gasteiger partial charge is 0.303 e. The Morgan fingerprint density at radius 1 is 1.41 bits per heavy atom. The topological polar surface area (TPSA) is 79.5 Å². The molecule has 0 spiro atoms. The van der Waals surface area contributed by atoms with Crippen LogP contribution < -0.4 is 5.32 Å². The van der Waals surface area contributed by atoms with Crippen molar-refractivity contribution < 1.29 is 19.1 Å². The van der Waals surface area contributed by atoms with Gasteiger partial charge < -0.3 is 14.8 Å². The van der Waals surface area contributed by atoms with Gasteiger partial charge in [0.05, 0.1) is 12.5 Å². The third-order valence-corrected chi connectivity index (χ3v) is 2.49. The van der Waals surface area contributed by atoms with Crippen LogP contribution in [0.2, 0.25) is 0 Å². The second-order valence-electron chi connectivity index (χ2n) is 4.05. The fourth-order valence-corrected chi connectivity index (χ4v) is 1.69. The van der Waals surface area contributed by atoms with Crippen molar-refractivity contribution in [1.82, 2.24) is 5.32 Å². The van der Waals surface area contributed by atoms with Gasteiger partial charge in [-0.25, -0.2) is 0 Å². The monoisotopic (exact) mass is 239 g/mol. The highest BCUT2D eigenvalue weighted by molar-refractivity contribution is 5.80. The Morgan fingerprint density at radius 3 is 2.53 bits per heavy atom. The van der Waals surface area contributed by atoms with Crippen molar-refractivity contribution in [2.75, 3.05) is 0 Å². The average Bonchev–Trinajstić information content (AvgIpc) is 2.55. The molecule has 1 amide bonds. The minimum Gasteiger partial charge on any atom is -0.481 e. The van der Waals surface area contributed by atoms with Crippen LogP contribution in [-0.4, -0.2) is 17.0 Å². The number of hydrogen-bond acceptors (Lipinski definition) is 3. The highest BCUT2D eigenvalue weighted by Gasteiger charge is 2.15. The molecule has 1 rings (SSSR count). The number of aliphatic carboxylic acids is 1. The van der Waals surface area contributed by atoms with Crippen LogP contribution in [0.3, 0.4) is 0 Å². The lowest BCUT2D eigenvalue weighted by atomic mass is 10.1. The maximum absolute atomic E-state index is 11.4. The van der Waals surface area contributed by atoms with Crippen LogP contribution in [0.5, 0.6) is 0 Å². The van der Waals surface area contributed by atoms with Crippen LogP contribution in [0.1, 0.15) is 42.9 Å². The summed E-state index contributed by atoms with van der Waals surface area (Å²) in [5.41, 5.74) is 0.922. The Hall–Kier alpha value is -1.78. The molecule has 1 unspecified atom stereocenters. The number of hydrogen-bond donors (Lipinski definition) is 2. The van der Waals surface area contributed by atoms with Gasteiger partial charge in [-0.1, -0.05) is 0 Å². The molecular formula is C12H17NO4. The van der Waals surface area contributed by atoms with E-state index in [1.165, 1.54) is 0 Å². The fraction of sp³-hybridized carbons (Fsp3) is 0.500. The van der Waals surface area contributed by atoms with Gasteiger partial charge in [-0.05, 0) is 26.8 Å². The van der Waals surface area contributed by atoms with E-state index >= 15 is 0 Å². The molecule has 2 N–H and O–H groups in total. The molecule has 0 bridgehead atoms. The van der Waals surface area contributed by atoms with Gasteiger partial charge >= 0.3 is 5.97 Å². The normalized spacial score (nSPS) is 12.2. The summed E-state index contributed by atoms with van der Waals surface area (Å²) < 4.78 is 5.37. The van der Waals surface area contributed by atoms with Gasteiger partial charge in [-0.2, -0.15) is 0 Å². The molecule has 5 heteroatoms. The van der Waals surface area contributed by atoms with Crippen molar-refractivity contribution in [3.05, 3.63) is 23.2 Å². The number of amides is 1. The van der Waals surface area contributed by atoms with Crippen LogP contribution in [0.4, 0.5) is 0 Å². The Balaban J connectivity index is 2.54. The summed E-state index contributed by atoms with van der Waals surface area (Å²) in [6.07, 6.45) is -0.155. The van der Waals surface area contributed by atoms with Crippen molar-refractivity contribution in [3.63, 3.8) is 0 Å². The van der Waals surface area contributed by atoms with E-state index < -0.39 is 5.97 Å². The Morgan fingerprint density at radius 2 is 2.06 bits per heavy atom. The van der Waals surface area contributed by atoms with Crippen molar-refractivity contribution >= 4 is 11.9 Å². The van der Waals surface area contributed by atoms with E-state index in [1.54, 1.807) is 0 Å². The molecular weight excluding hydrogens is 222 g/mol. The predicted octanol–water partition coefficient (Wildman–Crippen LogP) is 1.94. The molecule has 0 aliphatic heterocycles. The quantitative estimate of drug-likeness (QED) is 0.822. The Kier molecular flexibility index (Phi) is 4.31. The lowest BCUT2D eigenvalue weighted by molar-refractivity contribution is -0.138. The fourth-order valence-electron chi connectivity index (χ4n) is 1.69. The van der Waals surface area contributed by atoms with Gasteiger partial charge in [0, 0.05) is 12.0 Å². The zero-order valence-corrected chi connectivity index (χ0v) is 10.2. The standard InChI is InChI=1S/C12H17NO4/c1-7-6-10(9(3)17-7)8(2)13-11(14)4-5-12(15)16/h6,8H,4-5H2,1-3H3,(H,13,14)(H,15,16). The van der Waals surface area contributed by atoms with Crippen molar-refractivity contribution in [1.29, 1.82) is 0 Å². The van der Waals surface area contributed by atoms with Gasteiger partial charge in [0.15, 0.2) is 0 Å². The van der Waals surface area contributed by atoms with Crippen LogP contribution in [-0.2, 0) is 9.59 Å². The predicted molar refractivity (Wildman–Crippen MR) is 61.6 cm³/mol. The first kappa shape index (κ1) is 13.3. The summed E-state index contributed by atoms with van der Waals surface area (Å²) in [7, 11) is 0. The van der Waals surface area contributed by atoms with Crippen LogP contribution in [0.25, 0.3) is 0 Å². The minimum absolute atomic E-state index is 0.00441. The van der Waals surface area contributed by atoms with E-state index in [1.807, 2.05) is 26.8 Å². The third kappa shape index (κ3) is 3.94. The largest absolute Gasteiger partial charge is 0.481 e. The average molecular weight is 239 g/mol. The highest BCUT2D eigenvalue weighted by Crippen LogP contribution is 2.21. The SMILES string of the molecule is Cc1cc(C(C)NC(=O)CCC(=O)O)c(C)o1. The van der Waals surface area contributed by atoms with Gasteiger partial charge in [0.2, 0.25) is 5.91 Å². The lowest BCUT2D eigenvalue weighted by Gasteiger charge is -2.12. The molecule has 0 saturated carbocycles. The van der Waals surface area contributed by atoms with E-state index in [9.17, 15) is 9.59 Å². The maximum Gasteiger partial charge on any atom is 0.303 e. The van der Waals surface area contributed by atoms with Gasteiger partial charge in [0.1, 0.15) is 11.5 Å². The summed E-state index contributed by atoms with van der Waals surface area (Å²) in [6, 6.07) is 1.70. The molecule has 17 heavy (non-hydrogen) atoms. The number of nitrogens with one attached hydrogen (secondary N) is 1. The van der Waals surface area contributed by atoms with Gasteiger partial charge in [-0.3, -0.25) is 9.59 Å². The number of furan rings is 1. The molecule has 1 aromatic rings. The van der Waals surface area contributed by atoms with Crippen molar-refractivity contribution in [3.8, 4) is 0 Å². The molecule has 1 atom stereocenters. The summed E-state index contributed by atoms with van der Waals surface area (Å²) in [5, 5.41) is 11.2. The molecule has 5 nitrogen and oxygen atoms in total. The number of carbonyl (C=O) groups is 2. The first-order chi connectivity index (χ1) is 7.90. The van der Waals surface area contributed by atoms with Gasteiger partial charge in [0.25, 0.3) is 0 Å². The summed E-state index contributed by atoms with van der Waals surface area (Å²) in [5.74, 6) is 0.332. The number of carboxylic acids is 1. The molecule has 1 heterocycles. The Bertz CT molecular complexity index is 422. The molecule has 0 aliphatic rings. The number of carbonyl (C=O) groups excluding carboxylic acids is 1. The molecule has 0 fully saturated rings. The third-order valence-electron chi connectivity index (χ3n) is 2.49. The second-order valence-corrected chi connectivity index (χ2v) is 4.05. The van der Waals surface area contributed by atoms with E-state index in [2.05, 4.69) is 5.32 Å². The second kappa shape index (κ2) is 5.52. The van der Waals surface area contributed by atoms with Gasteiger partial charge in [-0.15, -0.1) is 0 Å². The minimum atomic E-state index is -0.969. The van der Waals surface area contributed by atoms with Crippen LogP contribution in [0.15, 0.2) is 10.5 Å². The number of carboxylic acid groups (broad SMARTS) is 1. The summed E-state index contributed by atoms with van der Waals surface area (Å²) in [4.78, 5) is 21.8. The molecule has 0 radical (unpaired) electrons. The van der Waals surface area contributed by atoms with Crippen molar-refractivity contribution in [2.45, 2.75) is 39.7 Å². The van der Waals surface area contributed by atoms with Crippen molar-refractivity contribution in [2.24, 2.45) is 0 Å². The lowest BCUT2D eigenvalue weighted by Crippen LogP contribution is -2.27. The van der Waals surface area contributed by atoms with Crippen LogP contribution in [0, 0.1) is 13.8 Å². The van der Waals surface area contributed by atoms with E-state index in [0.29, 0.717) is 0 Å². The van der Waals surface area contributed by atoms with Crippen LogP contribution >= 0.6 is 0 Å². The molecule has 0 aromatic carbocycles. The first-order valence-corrected chi connectivity index (χ1v) is 5.48.